The smallest absolute Gasteiger partial charge is 0.251 e. The van der Waals surface area contributed by atoms with Crippen LogP contribution >= 0.6 is 0 Å². The third-order valence-electron chi connectivity index (χ3n) is 6.60. The molecule has 9 heteroatoms. The molecule has 2 aliphatic rings. The van der Waals surface area contributed by atoms with E-state index >= 15 is 4.39 Å². The number of rotatable bonds is 5. The third kappa shape index (κ3) is 4.76. The van der Waals surface area contributed by atoms with Crippen molar-refractivity contribution in [2.75, 3.05) is 51.0 Å². The third-order valence-corrected chi connectivity index (χ3v) is 6.60. The van der Waals surface area contributed by atoms with Crippen LogP contribution in [-0.2, 0) is 17.7 Å². The van der Waals surface area contributed by atoms with E-state index in [1.165, 1.54) is 0 Å². The van der Waals surface area contributed by atoms with Gasteiger partial charge < -0.3 is 25.6 Å². The molecule has 1 aromatic heterocycles. The minimum atomic E-state index is -0.711. The van der Waals surface area contributed by atoms with Crippen LogP contribution in [0.4, 0.5) is 15.9 Å². The zero-order valence-corrected chi connectivity index (χ0v) is 20.8. The number of morpholine rings is 1. The number of nitrogens with two attached hydrogens (primary N) is 1. The highest BCUT2D eigenvalue weighted by atomic mass is 19.1. The van der Waals surface area contributed by atoms with Crippen LogP contribution in [0.3, 0.4) is 0 Å². The number of carbonyl (C=O) groups excluding carboxylic acids is 1. The summed E-state index contributed by atoms with van der Waals surface area (Å²) >= 11 is 0. The highest BCUT2D eigenvalue weighted by Crippen LogP contribution is 2.33. The molecule has 0 radical (unpaired) electrons. The van der Waals surface area contributed by atoms with Gasteiger partial charge in [-0.25, -0.2) is 4.98 Å². The fraction of sp³-hybridized carbons (Fsp3) is 0.370. The van der Waals surface area contributed by atoms with Gasteiger partial charge in [0, 0.05) is 48.6 Å². The molecule has 3 aromatic rings. The van der Waals surface area contributed by atoms with E-state index in [0.29, 0.717) is 48.5 Å². The number of benzene rings is 2. The van der Waals surface area contributed by atoms with Crippen LogP contribution in [0.1, 0.15) is 28.4 Å². The van der Waals surface area contributed by atoms with Gasteiger partial charge in [0.25, 0.3) is 5.91 Å². The first-order chi connectivity index (χ1) is 17.3. The summed E-state index contributed by atoms with van der Waals surface area (Å²) in [4.78, 5) is 25.2. The monoisotopic (exact) mass is 490 g/mol. The topological polar surface area (TPSA) is 96.6 Å². The number of nitrogens with one attached hydrogen (secondary N) is 1. The molecule has 1 saturated heterocycles. The number of hydrogen-bond acceptors (Lipinski definition) is 7. The molecule has 0 aliphatic carbocycles. The largest absolute Gasteiger partial charge is 0.382 e. The van der Waals surface area contributed by atoms with Crippen molar-refractivity contribution in [2.24, 2.45) is 0 Å². The average Bonchev–Trinajstić information content (AvgIpc) is 2.84. The Morgan fingerprint density at radius 3 is 2.72 bits per heavy atom. The molecule has 3 N–H and O–H groups in total. The summed E-state index contributed by atoms with van der Waals surface area (Å²) in [7, 11) is 4.02. The number of ether oxygens (including phenoxy) is 1. The maximum absolute atomic E-state index is 15.1. The van der Waals surface area contributed by atoms with Crippen molar-refractivity contribution in [2.45, 2.75) is 26.0 Å². The quantitative estimate of drug-likeness (QED) is 0.567. The van der Waals surface area contributed by atoms with E-state index in [1.807, 2.05) is 38.4 Å². The predicted octanol–water partition coefficient (Wildman–Crippen LogP) is 3.10. The van der Waals surface area contributed by atoms with Crippen LogP contribution in [0, 0.1) is 5.95 Å². The number of carbonyl (C=O) groups is 1. The van der Waals surface area contributed by atoms with Gasteiger partial charge in [-0.05, 0) is 62.8 Å². The van der Waals surface area contributed by atoms with Gasteiger partial charge in [0.15, 0.2) is 5.82 Å². The Kier molecular flexibility index (Phi) is 6.59. The first kappa shape index (κ1) is 24.1. The second-order valence-electron chi connectivity index (χ2n) is 9.68. The van der Waals surface area contributed by atoms with Crippen LogP contribution < -0.4 is 16.0 Å². The van der Waals surface area contributed by atoms with Gasteiger partial charge in [0.05, 0.1) is 12.7 Å². The van der Waals surface area contributed by atoms with Crippen molar-refractivity contribution in [3.05, 3.63) is 59.0 Å². The fourth-order valence-electron chi connectivity index (χ4n) is 4.94. The number of nitrogens with zero attached hydrogens (tertiary/aromatic N) is 4. The molecule has 8 nitrogen and oxygen atoms in total. The maximum atomic E-state index is 15.1. The summed E-state index contributed by atoms with van der Waals surface area (Å²) < 4.78 is 20.8. The predicted molar refractivity (Wildman–Crippen MR) is 138 cm³/mol. The van der Waals surface area contributed by atoms with Gasteiger partial charge in [-0.15, -0.1) is 0 Å². The molecule has 1 atom stereocenters. The summed E-state index contributed by atoms with van der Waals surface area (Å²) in [6.45, 7) is 5.62. The Morgan fingerprint density at radius 2 is 1.94 bits per heavy atom. The number of hydrogen-bond donors (Lipinski definition) is 2. The van der Waals surface area contributed by atoms with Crippen molar-refractivity contribution >= 4 is 17.4 Å². The zero-order valence-electron chi connectivity index (χ0n) is 20.8. The number of amides is 1. The molecule has 2 aliphatic heterocycles. The van der Waals surface area contributed by atoms with Gasteiger partial charge in [0.1, 0.15) is 11.4 Å². The van der Waals surface area contributed by atoms with Crippen molar-refractivity contribution in [1.29, 1.82) is 0 Å². The molecule has 0 unspecified atom stereocenters. The van der Waals surface area contributed by atoms with Gasteiger partial charge in [-0.2, -0.15) is 9.37 Å². The highest BCUT2D eigenvalue weighted by Gasteiger charge is 2.23. The lowest BCUT2D eigenvalue weighted by Gasteiger charge is -2.34. The average molecular weight is 491 g/mol. The summed E-state index contributed by atoms with van der Waals surface area (Å²) in [6.07, 6.45) is 0.863. The van der Waals surface area contributed by atoms with Crippen LogP contribution in [0.2, 0.25) is 0 Å². The van der Waals surface area contributed by atoms with E-state index < -0.39 is 5.95 Å². The second kappa shape index (κ2) is 9.83. The minimum absolute atomic E-state index is 0.0175. The normalized spacial score (nSPS) is 17.8. The fourth-order valence-corrected chi connectivity index (χ4v) is 4.94. The van der Waals surface area contributed by atoms with Crippen LogP contribution in [-0.4, -0.2) is 67.2 Å². The van der Waals surface area contributed by atoms with Gasteiger partial charge >= 0.3 is 0 Å². The molecule has 0 saturated carbocycles. The Morgan fingerprint density at radius 1 is 1.17 bits per heavy atom. The van der Waals surface area contributed by atoms with E-state index in [0.717, 1.165) is 29.9 Å². The Balaban J connectivity index is 1.56. The Hall–Kier alpha value is -3.56. The summed E-state index contributed by atoms with van der Waals surface area (Å²) in [5.74, 6) is -0.786. The van der Waals surface area contributed by atoms with Crippen molar-refractivity contribution in [3.8, 4) is 22.5 Å². The number of fused-ring (bicyclic) bond motifs is 1. The minimum Gasteiger partial charge on any atom is -0.382 e. The molecule has 36 heavy (non-hydrogen) atoms. The van der Waals surface area contributed by atoms with Crippen LogP contribution in [0.25, 0.3) is 22.5 Å². The van der Waals surface area contributed by atoms with E-state index in [1.54, 1.807) is 12.1 Å². The van der Waals surface area contributed by atoms with E-state index in [2.05, 4.69) is 32.0 Å². The van der Waals surface area contributed by atoms with Crippen LogP contribution in [0.15, 0.2) is 36.4 Å². The Bertz CT molecular complexity index is 1310. The lowest BCUT2D eigenvalue weighted by molar-refractivity contribution is 0.0531. The summed E-state index contributed by atoms with van der Waals surface area (Å²) in [5.41, 5.74) is 11.8. The van der Waals surface area contributed by atoms with Crippen LogP contribution in [0.5, 0.6) is 0 Å². The molecular weight excluding hydrogens is 459 g/mol. The first-order valence-electron chi connectivity index (χ1n) is 12.2. The maximum Gasteiger partial charge on any atom is 0.251 e. The molecule has 5 rings (SSSR count). The van der Waals surface area contributed by atoms with E-state index in [9.17, 15) is 4.79 Å². The first-order valence-corrected chi connectivity index (χ1v) is 12.2. The lowest BCUT2D eigenvalue weighted by Crippen LogP contribution is -2.41. The summed E-state index contributed by atoms with van der Waals surface area (Å²) in [6, 6.07) is 11.3. The van der Waals surface area contributed by atoms with E-state index in [-0.39, 0.29) is 23.5 Å². The summed E-state index contributed by atoms with van der Waals surface area (Å²) in [5, 5.41) is 2.84. The van der Waals surface area contributed by atoms with Gasteiger partial charge in [-0.1, -0.05) is 12.1 Å². The SMILES string of the molecule is C[C@@H]1CN(c2ccc(-c3nc(-c4ccc5c(c4)CCNC5=O)c(N)nc3F)cc2CN(C)C)CCO1. The second-order valence-corrected chi connectivity index (χ2v) is 9.68. The molecule has 0 spiro atoms. The number of anilines is 2. The lowest BCUT2D eigenvalue weighted by atomic mass is 9.96. The zero-order chi connectivity index (χ0) is 25.4. The molecule has 1 fully saturated rings. The van der Waals surface area contributed by atoms with Gasteiger partial charge in [0.2, 0.25) is 5.95 Å². The standard InChI is InChI=1S/C27H31FN6O2/c1-16-14-34(10-11-36-16)22-7-5-18(13-20(22)15-33(2)3)23-25(28)32-26(29)24(31-23)19-4-6-21-17(12-19)8-9-30-27(21)35/h4-7,12-13,16H,8-11,14-15H2,1-3H3,(H2,29,32)(H,30,35)/t16-/m1/s1. The molecule has 188 valence electrons. The molecule has 1 amide bonds. The Labute approximate surface area is 210 Å². The molecule has 0 bridgehead atoms. The highest BCUT2D eigenvalue weighted by molar-refractivity contribution is 5.97. The number of aromatic nitrogens is 2. The molecule has 2 aromatic carbocycles. The number of nitrogen functional groups attached to an aromatic ring is 1. The van der Waals surface area contributed by atoms with Gasteiger partial charge in [-0.3, -0.25) is 4.79 Å². The molecule has 3 heterocycles. The number of halogens is 1. The van der Waals surface area contributed by atoms with Crippen molar-refractivity contribution < 1.29 is 13.9 Å². The molecular formula is C27H31FN6O2. The van der Waals surface area contributed by atoms with E-state index in [4.69, 9.17) is 10.5 Å². The van der Waals surface area contributed by atoms with Crippen molar-refractivity contribution in [1.82, 2.24) is 20.2 Å². The van der Waals surface area contributed by atoms with Crippen molar-refractivity contribution in [3.63, 3.8) is 0 Å².